The quantitative estimate of drug-likeness (QED) is 0.868. The number of allylic oxidation sites excluding steroid dienone is 3. The molecule has 2 atom stereocenters. The molecule has 1 aliphatic heterocycles. The topological polar surface area (TPSA) is 47.6 Å². The first-order chi connectivity index (χ1) is 9.83. The number of halogens is 1. The number of carbonyl (C=O) groups is 1. The molecule has 0 saturated carbocycles. The van der Waals surface area contributed by atoms with Gasteiger partial charge in [0.2, 0.25) is 0 Å². The van der Waals surface area contributed by atoms with Gasteiger partial charge in [0.1, 0.15) is 0 Å². The van der Waals surface area contributed by atoms with Crippen molar-refractivity contribution in [2.75, 3.05) is 13.2 Å². The van der Waals surface area contributed by atoms with E-state index in [1.807, 2.05) is 32.9 Å². The van der Waals surface area contributed by atoms with E-state index in [4.69, 9.17) is 21.1 Å². The van der Waals surface area contributed by atoms with Gasteiger partial charge >= 0.3 is 0 Å². The fourth-order valence-electron chi connectivity index (χ4n) is 2.34. The van der Waals surface area contributed by atoms with Crippen LogP contribution < -0.4 is 5.32 Å². The Morgan fingerprint density at radius 3 is 2.71 bits per heavy atom. The lowest BCUT2D eigenvalue weighted by Crippen LogP contribution is -2.53. The lowest BCUT2D eigenvalue weighted by Gasteiger charge is -2.32. The van der Waals surface area contributed by atoms with Crippen LogP contribution in [0.4, 0.5) is 0 Å². The van der Waals surface area contributed by atoms with E-state index < -0.39 is 6.10 Å². The highest BCUT2D eigenvalue weighted by Crippen LogP contribution is 2.24. The summed E-state index contributed by atoms with van der Waals surface area (Å²) in [5.41, 5.74) is 1.04. The van der Waals surface area contributed by atoms with Crippen LogP contribution in [0.25, 0.3) is 0 Å². The van der Waals surface area contributed by atoms with Crippen LogP contribution in [0.1, 0.15) is 40.0 Å². The van der Waals surface area contributed by atoms with E-state index in [0.717, 1.165) is 24.3 Å². The van der Waals surface area contributed by atoms with Crippen LogP contribution in [0.15, 0.2) is 22.8 Å². The number of ether oxygens (including phenoxy) is 2. The predicted molar refractivity (Wildman–Crippen MR) is 83.2 cm³/mol. The fraction of sp³-hybridized carbons (Fsp3) is 0.688. The fourth-order valence-corrected chi connectivity index (χ4v) is 2.50. The smallest absolute Gasteiger partial charge is 0.251 e. The van der Waals surface area contributed by atoms with Crippen molar-refractivity contribution in [2.24, 2.45) is 0 Å². The molecule has 0 radical (unpaired) electrons. The van der Waals surface area contributed by atoms with Gasteiger partial charge < -0.3 is 14.8 Å². The van der Waals surface area contributed by atoms with E-state index in [1.165, 1.54) is 5.57 Å². The van der Waals surface area contributed by atoms with E-state index in [2.05, 4.69) is 5.32 Å². The maximum absolute atomic E-state index is 12.0. The molecule has 4 nitrogen and oxygen atoms in total. The first kappa shape index (κ1) is 16.5. The molecule has 21 heavy (non-hydrogen) atoms. The van der Waals surface area contributed by atoms with E-state index in [-0.39, 0.29) is 17.6 Å². The summed E-state index contributed by atoms with van der Waals surface area (Å²) in [6.07, 6.45) is 6.14. The average molecular weight is 314 g/mol. The summed E-state index contributed by atoms with van der Waals surface area (Å²) in [5.74, 6) is -0.0829. The van der Waals surface area contributed by atoms with Crippen molar-refractivity contribution in [1.29, 1.82) is 0 Å². The molecule has 2 rings (SSSR count). The third kappa shape index (κ3) is 5.46. The van der Waals surface area contributed by atoms with Gasteiger partial charge in [-0.1, -0.05) is 23.3 Å². The Labute approximate surface area is 131 Å². The lowest BCUT2D eigenvalue weighted by atomic mass is 9.97. The number of amides is 1. The molecule has 0 spiro atoms. The second-order valence-electron chi connectivity index (χ2n) is 6.59. The number of morpholine rings is 1. The number of hydrogen-bond donors (Lipinski definition) is 1. The monoisotopic (exact) mass is 313 g/mol. The molecule has 0 aromatic carbocycles. The lowest BCUT2D eigenvalue weighted by molar-refractivity contribution is -0.150. The zero-order valence-electron chi connectivity index (χ0n) is 12.9. The standard InChI is InChI=1S/C16H24ClNO3/c1-16(2,3)21-10-14-15(19)18-13(9-20-14)8-11-4-6-12(17)7-5-11/h4,6,13-14H,5,7-10H2,1-3H3,(H,18,19)/t13-,14-/m0/s1. The normalized spacial score (nSPS) is 27.0. The van der Waals surface area contributed by atoms with E-state index in [9.17, 15) is 4.79 Å². The van der Waals surface area contributed by atoms with Crippen molar-refractivity contribution >= 4 is 17.5 Å². The second kappa shape index (κ2) is 6.95. The van der Waals surface area contributed by atoms with E-state index in [0.29, 0.717) is 13.2 Å². The van der Waals surface area contributed by atoms with Crippen LogP contribution >= 0.6 is 11.6 Å². The Balaban J connectivity index is 1.80. The van der Waals surface area contributed by atoms with Crippen LogP contribution in [0.2, 0.25) is 0 Å². The highest BCUT2D eigenvalue weighted by Gasteiger charge is 2.30. The Morgan fingerprint density at radius 2 is 2.14 bits per heavy atom. The zero-order valence-corrected chi connectivity index (χ0v) is 13.7. The Hall–Kier alpha value is -0.840. The van der Waals surface area contributed by atoms with Gasteiger partial charge in [0, 0.05) is 5.03 Å². The molecule has 1 heterocycles. The molecule has 0 aromatic heterocycles. The molecule has 1 aliphatic carbocycles. The summed E-state index contributed by atoms with van der Waals surface area (Å²) < 4.78 is 11.3. The Morgan fingerprint density at radius 1 is 1.38 bits per heavy atom. The maximum atomic E-state index is 12.0. The molecule has 0 unspecified atom stereocenters. The van der Waals surface area contributed by atoms with Crippen molar-refractivity contribution in [3.8, 4) is 0 Å². The molecule has 0 bridgehead atoms. The van der Waals surface area contributed by atoms with Crippen molar-refractivity contribution in [3.63, 3.8) is 0 Å². The average Bonchev–Trinajstić information content (AvgIpc) is 2.39. The molecule has 5 heteroatoms. The van der Waals surface area contributed by atoms with Gasteiger partial charge in [0.05, 0.1) is 24.9 Å². The molecular formula is C16H24ClNO3. The van der Waals surface area contributed by atoms with Crippen LogP contribution in [0, 0.1) is 0 Å². The third-order valence-corrected chi connectivity index (χ3v) is 3.81. The van der Waals surface area contributed by atoms with Gasteiger partial charge in [-0.3, -0.25) is 4.79 Å². The van der Waals surface area contributed by atoms with E-state index in [1.54, 1.807) is 0 Å². The van der Waals surface area contributed by atoms with Gasteiger partial charge in [-0.25, -0.2) is 0 Å². The number of carbonyl (C=O) groups excluding carboxylic acids is 1. The summed E-state index contributed by atoms with van der Waals surface area (Å²) in [4.78, 5) is 12.0. The SMILES string of the molecule is CC(C)(C)OC[C@@H]1OC[C@H](CC2=CC=C(Cl)CC2)NC1=O. The first-order valence-electron chi connectivity index (χ1n) is 7.43. The van der Waals surface area contributed by atoms with E-state index >= 15 is 0 Å². The van der Waals surface area contributed by atoms with Gasteiger partial charge in [-0.15, -0.1) is 0 Å². The molecule has 1 fully saturated rings. The summed E-state index contributed by atoms with van der Waals surface area (Å²) in [6.45, 7) is 6.71. The molecule has 2 aliphatic rings. The number of nitrogens with one attached hydrogen (secondary N) is 1. The van der Waals surface area contributed by atoms with Gasteiger partial charge in [-0.05, 0) is 46.1 Å². The predicted octanol–water partition coefficient (Wildman–Crippen LogP) is 2.92. The molecule has 0 aromatic rings. The number of hydrogen-bond acceptors (Lipinski definition) is 3. The Bertz CT molecular complexity index is 451. The van der Waals surface area contributed by atoms with Crippen molar-refractivity contribution in [3.05, 3.63) is 22.8 Å². The molecule has 118 valence electrons. The highest BCUT2D eigenvalue weighted by atomic mass is 35.5. The van der Waals surface area contributed by atoms with Gasteiger partial charge in [0.25, 0.3) is 5.91 Å². The largest absolute Gasteiger partial charge is 0.373 e. The van der Waals surface area contributed by atoms with Gasteiger partial charge in [-0.2, -0.15) is 0 Å². The molecule has 1 N–H and O–H groups in total. The minimum Gasteiger partial charge on any atom is -0.373 e. The minimum atomic E-state index is -0.504. The molecular weight excluding hydrogens is 290 g/mol. The third-order valence-electron chi connectivity index (χ3n) is 3.50. The Kier molecular flexibility index (Phi) is 5.47. The summed E-state index contributed by atoms with van der Waals surface area (Å²) in [5, 5.41) is 3.91. The maximum Gasteiger partial charge on any atom is 0.251 e. The van der Waals surface area contributed by atoms with Crippen LogP contribution in [0.5, 0.6) is 0 Å². The van der Waals surface area contributed by atoms with Crippen molar-refractivity contribution in [1.82, 2.24) is 5.32 Å². The minimum absolute atomic E-state index is 0.0416. The molecule has 1 amide bonds. The summed E-state index contributed by atoms with van der Waals surface area (Å²) in [6, 6.07) is 0.0416. The molecule has 1 saturated heterocycles. The summed E-state index contributed by atoms with van der Waals surface area (Å²) in [7, 11) is 0. The van der Waals surface area contributed by atoms with Crippen LogP contribution in [-0.4, -0.2) is 36.9 Å². The number of rotatable bonds is 4. The highest BCUT2D eigenvalue weighted by molar-refractivity contribution is 6.29. The first-order valence-corrected chi connectivity index (χ1v) is 7.81. The van der Waals surface area contributed by atoms with Crippen molar-refractivity contribution < 1.29 is 14.3 Å². The van der Waals surface area contributed by atoms with Crippen molar-refractivity contribution in [2.45, 2.75) is 57.8 Å². The van der Waals surface area contributed by atoms with Crippen LogP contribution in [0.3, 0.4) is 0 Å². The van der Waals surface area contributed by atoms with Crippen LogP contribution in [-0.2, 0) is 14.3 Å². The summed E-state index contributed by atoms with van der Waals surface area (Å²) >= 11 is 5.95. The zero-order chi connectivity index (χ0) is 15.5. The van der Waals surface area contributed by atoms with Gasteiger partial charge in [0.15, 0.2) is 6.10 Å². The second-order valence-corrected chi connectivity index (χ2v) is 7.08.